The van der Waals surface area contributed by atoms with E-state index in [1.165, 1.54) is 38.5 Å². The van der Waals surface area contributed by atoms with Crippen LogP contribution in [0.1, 0.15) is 51.9 Å². The molecule has 0 aromatic rings. The highest BCUT2D eigenvalue weighted by Gasteiger charge is 1.88. The van der Waals surface area contributed by atoms with Gasteiger partial charge in [-0.1, -0.05) is 41.6 Å². The Morgan fingerprint density at radius 3 is 2.08 bits per heavy atom. The number of unbranched alkanes of at least 4 members (excludes halogenated alkanes) is 6. The molecule has 0 saturated heterocycles. The molecule has 0 N–H and O–H groups in total. The molecule has 0 bridgehead atoms. The molecule has 0 atom stereocenters. The predicted octanol–water partition coefficient (Wildman–Crippen LogP) is 4.14. The molecule has 1 heteroatoms. The first-order chi connectivity index (χ1) is 5.91. The van der Waals surface area contributed by atoms with Crippen LogP contribution in [0.2, 0.25) is 0 Å². The molecule has 0 unspecified atom stereocenters. The molecule has 0 rings (SSSR count). The van der Waals surface area contributed by atoms with Gasteiger partial charge in [-0.05, 0) is 19.8 Å². The third-order valence-electron chi connectivity index (χ3n) is 1.86. The van der Waals surface area contributed by atoms with Crippen LogP contribution in [0.4, 0.5) is 0 Å². The van der Waals surface area contributed by atoms with E-state index in [2.05, 4.69) is 27.8 Å². The van der Waals surface area contributed by atoms with Gasteiger partial charge in [0.1, 0.15) is 0 Å². The standard InChI is InChI=1S/C11H19Br/c1-2-3-4-5-6-7-8-9-10-11-12/h4-11H2,1H3. The third kappa shape index (κ3) is 10.0. The Labute approximate surface area is 85.3 Å². The molecule has 0 aliphatic rings. The Bertz CT molecular complexity index is 130. The van der Waals surface area contributed by atoms with E-state index in [0.29, 0.717) is 0 Å². The highest BCUT2D eigenvalue weighted by atomic mass is 79.9. The molecule has 0 saturated carbocycles. The number of rotatable bonds is 7. The molecule has 0 aromatic heterocycles. The molecule has 0 aromatic carbocycles. The largest absolute Gasteiger partial charge is 0.107 e. The van der Waals surface area contributed by atoms with Crippen LogP contribution < -0.4 is 0 Å². The van der Waals surface area contributed by atoms with Crippen molar-refractivity contribution in [2.24, 2.45) is 0 Å². The minimum absolute atomic E-state index is 1.09. The zero-order valence-corrected chi connectivity index (χ0v) is 9.62. The molecular weight excluding hydrogens is 212 g/mol. The topological polar surface area (TPSA) is 0 Å². The Morgan fingerprint density at radius 1 is 0.917 bits per heavy atom. The van der Waals surface area contributed by atoms with Gasteiger partial charge in [0, 0.05) is 11.8 Å². The monoisotopic (exact) mass is 230 g/mol. The van der Waals surface area contributed by atoms with Crippen molar-refractivity contribution in [1.82, 2.24) is 0 Å². The molecule has 12 heavy (non-hydrogen) atoms. The predicted molar refractivity (Wildman–Crippen MR) is 59.6 cm³/mol. The third-order valence-corrected chi connectivity index (χ3v) is 2.42. The highest BCUT2D eigenvalue weighted by Crippen LogP contribution is 2.07. The van der Waals surface area contributed by atoms with Gasteiger partial charge in [0.05, 0.1) is 0 Å². The van der Waals surface area contributed by atoms with Crippen molar-refractivity contribution in [2.45, 2.75) is 51.9 Å². The lowest BCUT2D eigenvalue weighted by atomic mass is 10.1. The Balaban J connectivity index is 2.84. The zero-order chi connectivity index (χ0) is 9.07. The minimum Gasteiger partial charge on any atom is -0.107 e. The van der Waals surface area contributed by atoms with Crippen LogP contribution in [0.15, 0.2) is 0 Å². The second-order valence-corrected chi connectivity index (χ2v) is 3.78. The van der Waals surface area contributed by atoms with Crippen LogP contribution >= 0.6 is 15.9 Å². The summed E-state index contributed by atoms with van der Waals surface area (Å²) in [5.41, 5.74) is 0. The van der Waals surface area contributed by atoms with Gasteiger partial charge < -0.3 is 0 Å². The van der Waals surface area contributed by atoms with E-state index in [1.54, 1.807) is 0 Å². The molecule has 0 spiro atoms. The lowest BCUT2D eigenvalue weighted by Gasteiger charge is -1.97. The quantitative estimate of drug-likeness (QED) is 0.351. The molecule has 0 radical (unpaired) electrons. The van der Waals surface area contributed by atoms with Crippen LogP contribution in [-0.4, -0.2) is 5.33 Å². The van der Waals surface area contributed by atoms with Crippen molar-refractivity contribution in [3.05, 3.63) is 0 Å². The first kappa shape index (κ1) is 12.0. The molecule has 0 aliphatic heterocycles. The van der Waals surface area contributed by atoms with Crippen molar-refractivity contribution in [3.63, 3.8) is 0 Å². The molecule has 0 aliphatic carbocycles. The molecule has 70 valence electrons. The first-order valence-corrected chi connectivity index (χ1v) is 5.99. The van der Waals surface area contributed by atoms with E-state index < -0.39 is 0 Å². The molecule has 0 fully saturated rings. The molecule has 0 heterocycles. The van der Waals surface area contributed by atoms with Crippen LogP contribution in [0.25, 0.3) is 0 Å². The summed E-state index contributed by atoms with van der Waals surface area (Å²) >= 11 is 3.43. The summed E-state index contributed by atoms with van der Waals surface area (Å²) in [7, 11) is 0. The van der Waals surface area contributed by atoms with Crippen molar-refractivity contribution >= 4 is 15.9 Å². The Kier molecular flexibility index (Phi) is 11.1. The summed E-state index contributed by atoms with van der Waals surface area (Å²) in [5.74, 6) is 6.02. The minimum atomic E-state index is 1.09. The first-order valence-electron chi connectivity index (χ1n) is 4.87. The summed E-state index contributed by atoms with van der Waals surface area (Å²) in [5, 5.41) is 1.16. The molecule has 0 amide bonds. The summed E-state index contributed by atoms with van der Waals surface area (Å²) in [6, 6.07) is 0. The summed E-state index contributed by atoms with van der Waals surface area (Å²) in [6.45, 7) is 1.91. The van der Waals surface area contributed by atoms with E-state index in [1.807, 2.05) is 6.92 Å². The average Bonchev–Trinajstić information content (AvgIpc) is 2.10. The van der Waals surface area contributed by atoms with Gasteiger partial charge in [-0.3, -0.25) is 0 Å². The van der Waals surface area contributed by atoms with Crippen LogP contribution in [-0.2, 0) is 0 Å². The van der Waals surface area contributed by atoms with Gasteiger partial charge in [0.25, 0.3) is 0 Å². The van der Waals surface area contributed by atoms with Gasteiger partial charge in [-0.25, -0.2) is 0 Å². The Hall–Kier alpha value is 0.0400. The zero-order valence-electron chi connectivity index (χ0n) is 8.03. The van der Waals surface area contributed by atoms with Gasteiger partial charge in [0.15, 0.2) is 0 Å². The van der Waals surface area contributed by atoms with E-state index >= 15 is 0 Å². The second kappa shape index (κ2) is 11.0. The van der Waals surface area contributed by atoms with Crippen LogP contribution in [0, 0.1) is 11.8 Å². The maximum atomic E-state index is 3.43. The van der Waals surface area contributed by atoms with E-state index in [0.717, 1.165) is 11.8 Å². The fourth-order valence-electron chi connectivity index (χ4n) is 1.14. The molecular formula is C11H19Br. The fourth-order valence-corrected chi connectivity index (χ4v) is 1.54. The maximum absolute atomic E-state index is 3.43. The number of hydrogen-bond acceptors (Lipinski definition) is 0. The van der Waals surface area contributed by atoms with E-state index in [-0.39, 0.29) is 0 Å². The van der Waals surface area contributed by atoms with Gasteiger partial charge >= 0.3 is 0 Å². The normalized spacial score (nSPS) is 9.17. The maximum Gasteiger partial charge on any atom is 0.00885 e. The highest BCUT2D eigenvalue weighted by molar-refractivity contribution is 9.09. The fraction of sp³-hybridized carbons (Fsp3) is 0.818. The summed E-state index contributed by atoms with van der Waals surface area (Å²) < 4.78 is 0. The van der Waals surface area contributed by atoms with Gasteiger partial charge in [-0.2, -0.15) is 0 Å². The lowest BCUT2D eigenvalue weighted by Crippen LogP contribution is -1.80. The van der Waals surface area contributed by atoms with Crippen molar-refractivity contribution in [3.8, 4) is 11.8 Å². The van der Waals surface area contributed by atoms with E-state index in [9.17, 15) is 0 Å². The van der Waals surface area contributed by atoms with Crippen molar-refractivity contribution < 1.29 is 0 Å². The van der Waals surface area contributed by atoms with Gasteiger partial charge in [0.2, 0.25) is 0 Å². The van der Waals surface area contributed by atoms with Gasteiger partial charge in [-0.15, -0.1) is 11.8 Å². The second-order valence-electron chi connectivity index (χ2n) is 2.99. The lowest BCUT2D eigenvalue weighted by molar-refractivity contribution is 0.616. The van der Waals surface area contributed by atoms with Crippen molar-refractivity contribution in [2.75, 3.05) is 5.33 Å². The SMILES string of the molecule is CC#CCCCCCCCCBr. The average molecular weight is 231 g/mol. The summed E-state index contributed by atoms with van der Waals surface area (Å²) in [4.78, 5) is 0. The van der Waals surface area contributed by atoms with E-state index in [4.69, 9.17) is 0 Å². The van der Waals surface area contributed by atoms with Crippen molar-refractivity contribution in [1.29, 1.82) is 0 Å². The molecule has 0 nitrogen and oxygen atoms in total. The van der Waals surface area contributed by atoms with Crippen LogP contribution in [0.3, 0.4) is 0 Å². The van der Waals surface area contributed by atoms with Crippen LogP contribution in [0.5, 0.6) is 0 Å². The summed E-state index contributed by atoms with van der Waals surface area (Å²) in [6.07, 6.45) is 9.23. The number of hydrogen-bond donors (Lipinski definition) is 0. The smallest absolute Gasteiger partial charge is 0.00885 e. The number of halogens is 1. The Morgan fingerprint density at radius 2 is 1.50 bits per heavy atom. The number of alkyl halides is 1.